The number of piperidine rings is 1. The third-order valence-corrected chi connectivity index (χ3v) is 5.92. The van der Waals surface area contributed by atoms with Crippen molar-refractivity contribution in [3.8, 4) is 11.4 Å². The normalized spacial score (nSPS) is 16.6. The Morgan fingerprint density at radius 3 is 2.77 bits per heavy atom. The van der Waals surface area contributed by atoms with E-state index in [1.165, 1.54) is 23.3 Å². The van der Waals surface area contributed by atoms with Crippen LogP contribution in [0.2, 0.25) is 0 Å². The fraction of sp³-hybridized carbons (Fsp3) is 0.400. The molecule has 1 aromatic heterocycles. The van der Waals surface area contributed by atoms with Gasteiger partial charge in [0.05, 0.1) is 5.92 Å². The van der Waals surface area contributed by atoms with E-state index in [1.807, 2.05) is 4.90 Å². The standard InChI is InChI=1S/C25H28FN3O2/c1-17(2)19-11-8-18(9-12-19)10-13-23(30)29-14-4-6-21(16-29)25-27-24(28-31-25)20-5-3-7-22(26)15-20/h3,5,7-9,11-12,15,17,21H,4,6,10,13-14,16H2,1-2H3. The Labute approximate surface area is 182 Å². The summed E-state index contributed by atoms with van der Waals surface area (Å²) < 4.78 is 18.9. The third-order valence-electron chi connectivity index (χ3n) is 5.92. The van der Waals surface area contributed by atoms with E-state index in [0.717, 1.165) is 25.8 Å². The molecule has 162 valence electrons. The topological polar surface area (TPSA) is 59.2 Å². The lowest BCUT2D eigenvalue weighted by molar-refractivity contribution is -0.132. The van der Waals surface area contributed by atoms with Crippen molar-refractivity contribution in [2.75, 3.05) is 13.1 Å². The second kappa shape index (κ2) is 9.41. The Kier molecular flexibility index (Phi) is 6.44. The Hall–Kier alpha value is -3.02. The predicted octanol–water partition coefficient (Wildman–Crippen LogP) is 5.34. The first-order valence-electron chi connectivity index (χ1n) is 11.0. The first-order chi connectivity index (χ1) is 15.0. The lowest BCUT2D eigenvalue weighted by Gasteiger charge is -2.31. The monoisotopic (exact) mass is 421 g/mol. The minimum atomic E-state index is -0.336. The third kappa shape index (κ3) is 5.19. The molecule has 1 aliphatic rings. The van der Waals surface area contributed by atoms with Gasteiger partial charge >= 0.3 is 0 Å². The van der Waals surface area contributed by atoms with E-state index < -0.39 is 0 Å². The van der Waals surface area contributed by atoms with Crippen LogP contribution in [0.3, 0.4) is 0 Å². The molecule has 0 aliphatic carbocycles. The number of hydrogen-bond donors (Lipinski definition) is 0. The van der Waals surface area contributed by atoms with E-state index in [1.54, 1.807) is 12.1 Å². The van der Waals surface area contributed by atoms with Gasteiger partial charge < -0.3 is 9.42 Å². The van der Waals surface area contributed by atoms with Crippen molar-refractivity contribution in [1.29, 1.82) is 0 Å². The van der Waals surface area contributed by atoms with Gasteiger partial charge in [-0.05, 0) is 48.4 Å². The molecule has 0 N–H and O–H groups in total. The van der Waals surface area contributed by atoms with Crippen molar-refractivity contribution in [3.05, 3.63) is 71.4 Å². The summed E-state index contributed by atoms with van der Waals surface area (Å²) in [6.45, 7) is 5.69. The van der Waals surface area contributed by atoms with Crippen LogP contribution < -0.4 is 0 Å². The van der Waals surface area contributed by atoms with Crippen LogP contribution in [0.25, 0.3) is 11.4 Å². The van der Waals surface area contributed by atoms with Gasteiger partial charge in [0.1, 0.15) is 5.82 Å². The maximum absolute atomic E-state index is 13.5. The van der Waals surface area contributed by atoms with Crippen LogP contribution in [-0.2, 0) is 11.2 Å². The molecule has 2 aromatic carbocycles. The zero-order valence-electron chi connectivity index (χ0n) is 18.1. The zero-order chi connectivity index (χ0) is 21.8. The molecule has 5 nitrogen and oxygen atoms in total. The largest absolute Gasteiger partial charge is 0.342 e. The van der Waals surface area contributed by atoms with Crippen molar-refractivity contribution in [2.24, 2.45) is 0 Å². The van der Waals surface area contributed by atoms with Crippen molar-refractivity contribution < 1.29 is 13.7 Å². The van der Waals surface area contributed by atoms with E-state index in [-0.39, 0.29) is 17.6 Å². The molecule has 0 bridgehead atoms. The van der Waals surface area contributed by atoms with Gasteiger partial charge in [0.2, 0.25) is 17.6 Å². The molecule has 0 spiro atoms. The summed E-state index contributed by atoms with van der Waals surface area (Å²) in [5.41, 5.74) is 3.08. The molecular formula is C25H28FN3O2. The molecule has 0 saturated carbocycles. The summed E-state index contributed by atoms with van der Waals surface area (Å²) in [5, 5.41) is 4.01. The number of carbonyl (C=O) groups is 1. The van der Waals surface area contributed by atoms with Crippen molar-refractivity contribution in [1.82, 2.24) is 15.0 Å². The Balaban J connectivity index is 1.35. The van der Waals surface area contributed by atoms with Crippen LogP contribution in [-0.4, -0.2) is 34.0 Å². The lowest BCUT2D eigenvalue weighted by atomic mass is 9.97. The minimum Gasteiger partial charge on any atom is -0.342 e. The molecule has 31 heavy (non-hydrogen) atoms. The smallest absolute Gasteiger partial charge is 0.231 e. The molecular weight excluding hydrogens is 393 g/mol. The van der Waals surface area contributed by atoms with E-state index >= 15 is 0 Å². The second-order valence-electron chi connectivity index (χ2n) is 8.54. The number of carbonyl (C=O) groups excluding carboxylic acids is 1. The zero-order valence-corrected chi connectivity index (χ0v) is 18.1. The van der Waals surface area contributed by atoms with E-state index in [4.69, 9.17) is 4.52 Å². The van der Waals surface area contributed by atoms with E-state index in [0.29, 0.717) is 36.2 Å². The summed E-state index contributed by atoms with van der Waals surface area (Å²) in [7, 11) is 0. The first-order valence-corrected chi connectivity index (χ1v) is 11.0. The quantitative estimate of drug-likeness (QED) is 0.539. The number of aromatic nitrogens is 2. The molecule has 1 atom stereocenters. The average Bonchev–Trinajstić information content (AvgIpc) is 3.28. The van der Waals surface area contributed by atoms with E-state index in [9.17, 15) is 9.18 Å². The van der Waals surface area contributed by atoms with Crippen molar-refractivity contribution in [3.63, 3.8) is 0 Å². The molecule has 1 fully saturated rings. The number of rotatable bonds is 6. The summed E-state index contributed by atoms with van der Waals surface area (Å²) in [6, 6.07) is 14.7. The number of benzene rings is 2. The summed E-state index contributed by atoms with van der Waals surface area (Å²) in [5.74, 6) is 1.23. The molecule has 1 aliphatic heterocycles. The summed E-state index contributed by atoms with van der Waals surface area (Å²) in [6.07, 6.45) is 3.02. The summed E-state index contributed by atoms with van der Waals surface area (Å²) in [4.78, 5) is 19.2. The van der Waals surface area contributed by atoms with Crippen LogP contribution in [0.4, 0.5) is 4.39 Å². The minimum absolute atomic E-state index is 0.0119. The van der Waals surface area contributed by atoms with Crippen LogP contribution in [0.1, 0.15) is 62.0 Å². The highest BCUT2D eigenvalue weighted by atomic mass is 19.1. The fourth-order valence-corrected chi connectivity index (χ4v) is 4.03. The molecule has 2 heterocycles. The van der Waals surface area contributed by atoms with E-state index in [2.05, 4.69) is 48.3 Å². The molecule has 3 aromatic rings. The van der Waals surface area contributed by atoms with Gasteiger partial charge in [-0.15, -0.1) is 0 Å². The number of halogens is 1. The van der Waals surface area contributed by atoms with Crippen LogP contribution in [0, 0.1) is 5.82 Å². The molecule has 1 saturated heterocycles. The second-order valence-corrected chi connectivity index (χ2v) is 8.54. The fourth-order valence-electron chi connectivity index (χ4n) is 4.03. The first kappa shape index (κ1) is 21.2. The number of hydrogen-bond acceptors (Lipinski definition) is 4. The highest BCUT2D eigenvalue weighted by molar-refractivity contribution is 5.76. The predicted molar refractivity (Wildman–Crippen MR) is 117 cm³/mol. The summed E-state index contributed by atoms with van der Waals surface area (Å²) >= 11 is 0. The van der Waals surface area contributed by atoms with Gasteiger partial charge in [-0.3, -0.25) is 4.79 Å². The number of aryl methyl sites for hydroxylation is 1. The molecule has 4 rings (SSSR count). The van der Waals surface area contributed by atoms with Gasteiger partial charge in [-0.2, -0.15) is 4.98 Å². The van der Waals surface area contributed by atoms with Crippen LogP contribution in [0.5, 0.6) is 0 Å². The van der Waals surface area contributed by atoms with Gasteiger partial charge in [0.15, 0.2) is 0 Å². The van der Waals surface area contributed by atoms with Gasteiger partial charge in [-0.1, -0.05) is 55.4 Å². The number of nitrogens with zero attached hydrogens (tertiary/aromatic N) is 3. The molecule has 0 radical (unpaired) electrons. The Morgan fingerprint density at radius 2 is 2.03 bits per heavy atom. The van der Waals surface area contributed by atoms with Gasteiger partial charge in [0, 0.05) is 25.1 Å². The Bertz CT molecular complexity index is 1030. The van der Waals surface area contributed by atoms with Crippen LogP contribution in [0.15, 0.2) is 53.1 Å². The highest BCUT2D eigenvalue weighted by Gasteiger charge is 2.28. The molecule has 1 unspecified atom stereocenters. The molecule has 6 heteroatoms. The SMILES string of the molecule is CC(C)c1ccc(CCC(=O)N2CCCC(c3nc(-c4cccc(F)c4)no3)C2)cc1. The lowest BCUT2D eigenvalue weighted by Crippen LogP contribution is -2.39. The number of likely N-dealkylation sites (tertiary alicyclic amines) is 1. The maximum atomic E-state index is 13.5. The maximum Gasteiger partial charge on any atom is 0.231 e. The molecule has 1 amide bonds. The number of amides is 1. The van der Waals surface area contributed by atoms with Crippen molar-refractivity contribution >= 4 is 5.91 Å². The Morgan fingerprint density at radius 1 is 1.23 bits per heavy atom. The van der Waals surface area contributed by atoms with Crippen molar-refractivity contribution in [2.45, 2.75) is 51.4 Å². The highest BCUT2D eigenvalue weighted by Crippen LogP contribution is 2.28. The van der Waals surface area contributed by atoms with Crippen LogP contribution >= 0.6 is 0 Å². The average molecular weight is 422 g/mol. The van der Waals surface area contributed by atoms with Gasteiger partial charge in [-0.25, -0.2) is 4.39 Å². The van der Waals surface area contributed by atoms with Gasteiger partial charge in [0.25, 0.3) is 0 Å².